The second kappa shape index (κ2) is 4.39. The fourth-order valence-electron chi connectivity index (χ4n) is 2.92. The molecular formula is C13H13Br2NO. The quantitative estimate of drug-likeness (QED) is 0.706. The summed E-state index contributed by atoms with van der Waals surface area (Å²) in [4.78, 5) is 15.3. The second-order valence-electron chi connectivity index (χ2n) is 4.77. The van der Waals surface area contributed by atoms with Crippen molar-refractivity contribution in [3.05, 3.63) is 35.9 Å². The Morgan fingerprint density at radius 2 is 1.94 bits per heavy atom. The number of fused-ring (bicyclic) bond motifs is 2. The van der Waals surface area contributed by atoms with Crippen LogP contribution >= 0.6 is 31.9 Å². The number of rotatable bonds is 1. The molecule has 0 unspecified atom stereocenters. The summed E-state index contributed by atoms with van der Waals surface area (Å²) in [7, 11) is 0. The zero-order valence-electron chi connectivity index (χ0n) is 9.22. The van der Waals surface area contributed by atoms with Gasteiger partial charge in [0.15, 0.2) is 0 Å². The van der Waals surface area contributed by atoms with Gasteiger partial charge < -0.3 is 4.90 Å². The molecular weight excluding hydrogens is 346 g/mol. The summed E-state index contributed by atoms with van der Waals surface area (Å²) < 4.78 is 0. The standard InChI is InChI=1S/C13H13Br2NO/c14-10-6-9-7-16(12(10)11(9)15)13(17)8-4-2-1-3-5-8/h1-5,9-12H,6-7H2/t9-,10-,11-,12+/m0/s1. The Bertz CT molecular complexity index is 436. The zero-order valence-corrected chi connectivity index (χ0v) is 12.4. The van der Waals surface area contributed by atoms with E-state index in [1.807, 2.05) is 35.2 Å². The van der Waals surface area contributed by atoms with Crippen molar-refractivity contribution in [2.24, 2.45) is 5.92 Å². The molecule has 1 amide bonds. The van der Waals surface area contributed by atoms with E-state index in [9.17, 15) is 4.79 Å². The van der Waals surface area contributed by atoms with Crippen molar-refractivity contribution in [3.63, 3.8) is 0 Å². The molecule has 1 aliphatic carbocycles. The molecule has 17 heavy (non-hydrogen) atoms. The average molecular weight is 359 g/mol. The molecule has 4 atom stereocenters. The number of carbonyl (C=O) groups excluding carboxylic acids is 1. The molecule has 2 fully saturated rings. The van der Waals surface area contributed by atoms with Crippen LogP contribution in [-0.4, -0.2) is 33.0 Å². The molecule has 1 aromatic rings. The molecule has 3 rings (SSSR count). The van der Waals surface area contributed by atoms with E-state index in [1.165, 1.54) is 6.42 Å². The zero-order chi connectivity index (χ0) is 12.0. The highest BCUT2D eigenvalue weighted by molar-refractivity contribution is 9.10. The molecule has 1 aliphatic heterocycles. The van der Waals surface area contributed by atoms with Crippen molar-refractivity contribution in [1.29, 1.82) is 0 Å². The van der Waals surface area contributed by atoms with E-state index in [2.05, 4.69) is 31.9 Å². The van der Waals surface area contributed by atoms with Gasteiger partial charge in [-0.2, -0.15) is 0 Å². The Kier molecular flexibility index (Phi) is 3.03. The lowest BCUT2D eigenvalue weighted by Crippen LogP contribution is -2.43. The lowest BCUT2D eigenvalue weighted by molar-refractivity contribution is 0.0711. The highest BCUT2D eigenvalue weighted by Crippen LogP contribution is 2.45. The van der Waals surface area contributed by atoms with Crippen LogP contribution in [0.1, 0.15) is 16.8 Å². The van der Waals surface area contributed by atoms with Gasteiger partial charge in [-0.05, 0) is 24.5 Å². The molecule has 2 bridgehead atoms. The van der Waals surface area contributed by atoms with Crippen molar-refractivity contribution in [1.82, 2.24) is 4.90 Å². The first-order valence-electron chi connectivity index (χ1n) is 5.82. The van der Waals surface area contributed by atoms with Gasteiger partial charge in [-0.25, -0.2) is 0 Å². The van der Waals surface area contributed by atoms with Crippen molar-refractivity contribution in [3.8, 4) is 0 Å². The van der Waals surface area contributed by atoms with Gasteiger partial charge in [-0.1, -0.05) is 50.1 Å². The predicted molar refractivity (Wildman–Crippen MR) is 74.8 cm³/mol. The topological polar surface area (TPSA) is 20.3 Å². The van der Waals surface area contributed by atoms with Crippen LogP contribution in [0.2, 0.25) is 0 Å². The van der Waals surface area contributed by atoms with Crippen LogP contribution in [0.5, 0.6) is 0 Å². The molecule has 1 saturated carbocycles. The third kappa shape index (κ3) is 1.85. The maximum Gasteiger partial charge on any atom is 0.254 e. The molecule has 2 aliphatic rings. The van der Waals surface area contributed by atoms with Crippen molar-refractivity contribution < 1.29 is 4.79 Å². The number of likely N-dealkylation sites (tertiary alicyclic amines) is 1. The molecule has 1 aromatic carbocycles. The number of amides is 1. The Hall–Kier alpha value is -0.350. The van der Waals surface area contributed by atoms with Gasteiger partial charge >= 0.3 is 0 Å². The average Bonchev–Trinajstić information content (AvgIpc) is 2.81. The van der Waals surface area contributed by atoms with Gasteiger partial charge in [0.05, 0.1) is 6.04 Å². The third-order valence-electron chi connectivity index (χ3n) is 3.75. The van der Waals surface area contributed by atoms with Crippen molar-refractivity contribution >= 4 is 37.8 Å². The van der Waals surface area contributed by atoms with E-state index in [4.69, 9.17) is 0 Å². The fraction of sp³-hybridized carbons (Fsp3) is 0.462. The number of hydrogen-bond donors (Lipinski definition) is 0. The van der Waals surface area contributed by atoms with Gasteiger partial charge in [0.25, 0.3) is 5.91 Å². The summed E-state index contributed by atoms with van der Waals surface area (Å²) in [6, 6.07) is 9.85. The maximum atomic E-state index is 12.4. The highest BCUT2D eigenvalue weighted by Gasteiger charge is 2.52. The summed E-state index contributed by atoms with van der Waals surface area (Å²) in [5, 5.41) is 0. The second-order valence-corrected chi connectivity index (χ2v) is 7.00. The van der Waals surface area contributed by atoms with Gasteiger partial charge in [-0.3, -0.25) is 4.79 Å². The lowest BCUT2D eigenvalue weighted by atomic mass is 10.1. The van der Waals surface area contributed by atoms with Crippen LogP contribution in [-0.2, 0) is 0 Å². The molecule has 1 saturated heterocycles. The molecule has 2 nitrogen and oxygen atoms in total. The molecule has 90 valence electrons. The Balaban J connectivity index is 1.85. The van der Waals surface area contributed by atoms with Crippen LogP contribution in [0.3, 0.4) is 0 Å². The molecule has 0 aromatic heterocycles. The van der Waals surface area contributed by atoms with E-state index in [0.717, 1.165) is 12.1 Å². The number of benzene rings is 1. The fourth-order valence-corrected chi connectivity index (χ4v) is 5.46. The van der Waals surface area contributed by atoms with Crippen LogP contribution in [0.4, 0.5) is 0 Å². The molecule has 0 N–H and O–H groups in total. The lowest BCUT2D eigenvalue weighted by Gasteiger charge is -2.30. The Morgan fingerprint density at radius 3 is 2.53 bits per heavy atom. The summed E-state index contributed by atoms with van der Waals surface area (Å²) in [6.07, 6.45) is 1.17. The number of nitrogens with zero attached hydrogens (tertiary/aromatic N) is 1. The summed E-state index contributed by atoms with van der Waals surface area (Å²) in [6.45, 7) is 0.885. The number of alkyl halides is 2. The number of piperidine rings is 1. The van der Waals surface area contributed by atoms with Crippen molar-refractivity contribution in [2.45, 2.75) is 22.1 Å². The van der Waals surface area contributed by atoms with E-state index < -0.39 is 0 Å². The minimum Gasteiger partial charge on any atom is -0.333 e. The first-order valence-corrected chi connectivity index (χ1v) is 7.66. The molecule has 4 heteroatoms. The summed E-state index contributed by atoms with van der Waals surface area (Å²) >= 11 is 7.42. The highest BCUT2D eigenvalue weighted by atomic mass is 79.9. The first-order chi connectivity index (χ1) is 8.18. The van der Waals surface area contributed by atoms with Gasteiger partial charge in [-0.15, -0.1) is 0 Å². The predicted octanol–water partition coefficient (Wildman–Crippen LogP) is 3.06. The smallest absolute Gasteiger partial charge is 0.254 e. The van der Waals surface area contributed by atoms with Gasteiger partial charge in [0, 0.05) is 21.8 Å². The van der Waals surface area contributed by atoms with E-state index in [1.54, 1.807) is 0 Å². The van der Waals surface area contributed by atoms with E-state index >= 15 is 0 Å². The Labute approximate surface area is 118 Å². The number of hydrogen-bond acceptors (Lipinski definition) is 1. The van der Waals surface area contributed by atoms with E-state index in [-0.39, 0.29) is 5.91 Å². The van der Waals surface area contributed by atoms with Crippen molar-refractivity contribution in [2.75, 3.05) is 6.54 Å². The normalized spacial score (nSPS) is 35.3. The summed E-state index contributed by atoms with van der Waals surface area (Å²) in [5.41, 5.74) is 0.791. The number of carbonyl (C=O) groups is 1. The van der Waals surface area contributed by atoms with Crippen LogP contribution in [0.25, 0.3) is 0 Å². The minimum absolute atomic E-state index is 0.159. The van der Waals surface area contributed by atoms with Crippen LogP contribution in [0.15, 0.2) is 30.3 Å². The van der Waals surface area contributed by atoms with E-state index in [0.29, 0.717) is 21.6 Å². The molecule has 0 radical (unpaired) electrons. The monoisotopic (exact) mass is 357 g/mol. The maximum absolute atomic E-state index is 12.4. The molecule has 0 spiro atoms. The summed E-state index contributed by atoms with van der Waals surface area (Å²) in [5.74, 6) is 0.753. The Morgan fingerprint density at radius 1 is 1.24 bits per heavy atom. The minimum atomic E-state index is 0.159. The van der Waals surface area contributed by atoms with Gasteiger partial charge in [0.1, 0.15) is 0 Å². The van der Waals surface area contributed by atoms with Crippen LogP contribution < -0.4 is 0 Å². The largest absolute Gasteiger partial charge is 0.333 e. The first kappa shape index (κ1) is 11.7. The van der Waals surface area contributed by atoms with Crippen LogP contribution in [0, 0.1) is 5.92 Å². The third-order valence-corrected chi connectivity index (χ3v) is 5.95. The molecule has 1 heterocycles. The van der Waals surface area contributed by atoms with Gasteiger partial charge in [0.2, 0.25) is 0 Å². The number of halogens is 2. The SMILES string of the molecule is O=C(c1ccccc1)N1C[C@@H]2C[C@H](Br)[C@@H]1[C@H]2Br.